The first-order valence-electron chi connectivity index (χ1n) is 9.81. The summed E-state index contributed by atoms with van der Waals surface area (Å²) < 4.78 is 4.02. The molecule has 0 aromatic carbocycles. The van der Waals surface area contributed by atoms with Crippen molar-refractivity contribution in [1.82, 2.24) is 0 Å². The van der Waals surface area contributed by atoms with Gasteiger partial charge in [0.15, 0.2) is 0 Å². The average molecular weight is 300 g/mol. The molecule has 0 radical (unpaired) electrons. The normalized spacial score (nSPS) is 36.3. The minimum Gasteiger partial charge on any atom is -0.126 e. The third-order valence-electron chi connectivity index (χ3n) is 6.25. The molecule has 1 saturated heterocycles. The van der Waals surface area contributed by atoms with E-state index in [2.05, 4.69) is 19.1 Å². The van der Waals surface area contributed by atoms with E-state index in [0.717, 1.165) is 11.8 Å². The van der Waals surface area contributed by atoms with Gasteiger partial charge in [0.1, 0.15) is 0 Å². The van der Waals surface area contributed by atoms with Gasteiger partial charge in [-0.1, -0.05) is 50.7 Å². The average Bonchev–Trinajstić information content (AvgIpc) is 2.87. The molecule has 0 spiro atoms. The van der Waals surface area contributed by atoms with Crippen LogP contribution in [0.1, 0.15) is 84.0 Å². The van der Waals surface area contributed by atoms with Gasteiger partial charge < -0.3 is 0 Å². The topological polar surface area (TPSA) is 0 Å². The lowest BCUT2D eigenvalue weighted by atomic mass is 9.84. The highest BCUT2D eigenvalue weighted by Gasteiger charge is 2.43. The fraction of sp³-hybridized carbons (Fsp3) is 0.800. The Morgan fingerprint density at radius 2 is 1.24 bits per heavy atom. The molecule has 0 amide bonds. The SMILES string of the molecule is C[CH2][Al]1/[C]2=C/CCCCCCC2C2CCCCCC/C=[C]\21. The van der Waals surface area contributed by atoms with Crippen LogP contribution < -0.4 is 0 Å². The molecule has 3 rings (SSSR count). The lowest BCUT2D eigenvalue weighted by molar-refractivity contribution is 0.392. The number of fused-ring (bicyclic) bond motifs is 3. The van der Waals surface area contributed by atoms with E-state index in [1.807, 2.05) is 8.87 Å². The van der Waals surface area contributed by atoms with Gasteiger partial charge >= 0.3 is 14.1 Å². The standard InChI is InChI=1S/C18H28.C2H5.Al/c1-2-6-10-14-17(13-9-5-1)18-15-11-7-3-4-8-12-16-18;1-2;/h9,11,17-18H,1-8,10,12,14,16H2;1H2,2H3;. The molecule has 0 nitrogen and oxygen atoms in total. The molecule has 0 bridgehead atoms. The van der Waals surface area contributed by atoms with Crippen LogP contribution in [0.5, 0.6) is 0 Å². The van der Waals surface area contributed by atoms with Crippen molar-refractivity contribution in [1.29, 1.82) is 0 Å². The lowest BCUT2D eigenvalue weighted by Gasteiger charge is -2.23. The summed E-state index contributed by atoms with van der Waals surface area (Å²) >= 11 is -0.754. The van der Waals surface area contributed by atoms with Crippen LogP contribution in [0, 0.1) is 11.8 Å². The number of allylic oxidation sites excluding steroid dienone is 4. The summed E-state index contributed by atoms with van der Waals surface area (Å²) in [5, 5.41) is 1.48. The van der Waals surface area contributed by atoms with Crippen molar-refractivity contribution in [2.24, 2.45) is 11.8 Å². The van der Waals surface area contributed by atoms with Crippen LogP contribution in [0.15, 0.2) is 21.0 Å². The Morgan fingerprint density at radius 1 is 0.762 bits per heavy atom. The summed E-state index contributed by atoms with van der Waals surface area (Å²) in [4.78, 5) is 0. The molecule has 3 aliphatic rings. The zero-order chi connectivity index (χ0) is 14.5. The van der Waals surface area contributed by atoms with Crippen molar-refractivity contribution in [3.05, 3.63) is 21.0 Å². The predicted molar refractivity (Wildman–Crippen MR) is 94.8 cm³/mol. The van der Waals surface area contributed by atoms with Gasteiger partial charge in [0.2, 0.25) is 0 Å². The van der Waals surface area contributed by atoms with Crippen LogP contribution >= 0.6 is 0 Å². The van der Waals surface area contributed by atoms with Crippen LogP contribution in [-0.2, 0) is 0 Å². The Bertz CT molecular complexity index is 357. The van der Waals surface area contributed by atoms with E-state index in [9.17, 15) is 0 Å². The molecule has 1 fully saturated rings. The summed E-state index contributed by atoms with van der Waals surface area (Å²) in [5.41, 5.74) is 0. The predicted octanol–water partition coefficient (Wildman–Crippen LogP) is 6.39. The van der Waals surface area contributed by atoms with Gasteiger partial charge in [-0.3, -0.25) is 0 Å². The van der Waals surface area contributed by atoms with E-state index in [4.69, 9.17) is 0 Å². The summed E-state index contributed by atoms with van der Waals surface area (Å²) in [5.74, 6) is 1.95. The Morgan fingerprint density at radius 3 is 1.71 bits per heavy atom. The van der Waals surface area contributed by atoms with Gasteiger partial charge in [-0.2, -0.15) is 0 Å². The van der Waals surface area contributed by atoms with Gasteiger partial charge in [0.25, 0.3) is 0 Å². The lowest BCUT2D eigenvalue weighted by Crippen LogP contribution is -2.14. The minimum atomic E-state index is -0.754. The maximum atomic E-state index is 2.75. The van der Waals surface area contributed by atoms with E-state index in [1.165, 1.54) is 82.3 Å². The molecular weight excluding hydrogens is 267 g/mol. The monoisotopic (exact) mass is 300 g/mol. The molecule has 21 heavy (non-hydrogen) atoms. The maximum Gasteiger partial charge on any atom is 0.334 e. The van der Waals surface area contributed by atoms with Gasteiger partial charge in [0.05, 0.1) is 0 Å². The highest BCUT2D eigenvalue weighted by Crippen LogP contribution is 2.47. The number of hydrogen-bond donors (Lipinski definition) is 0. The highest BCUT2D eigenvalue weighted by atomic mass is 27.2. The zero-order valence-electron chi connectivity index (χ0n) is 14.1. The third-order valence-corrected chi connectivity index (χ3v) is 10.0. The summed E-state index contributed by atoms with van der Waals surface area (Å²) in [7, 11) is 0. The van der Waals surface area contributed by atoms with E-state index in [-0.39, 0.29) is 0 Å². The second-order valence-corrected chi connectivity index (χ2v) is 10.8. The van der Waals surface area contributed by atoms with Crippen LogP contribution in [0.25, 0.3) is 0 Å². The zero-order valence-corrected chi connectivity index (χ0v) is 15.2. The molecule has 0 aromatic heterocycles. The molecule has 116 valence electrons. The largest absolute Gasteiger partial charge is 0.334 e. The van der Waals surface area contributed by atoms with E-state index < -0.39 is 14.1 Å². The van der Waals surface area contributed by atoms with Crippen LogP contribution in [0.2, 0.25) is 5.28 Å². The molecule has 2 atom stereocenters. The smallest absolute Gasteiger partial charge is 0.126 e. The van der Waals surface area contributed by atoms with Gasteiger partial charge in [-0.05, 0) is 50.4 Å². The van der Waals surface area contributed by atoms with Crippen molar-refractivity contribution >= 4 is 14.1 Å². The first-order chi connectivity index (χ1) is 10.4. The molecule has 1 heterocycles. The maximum absolute atomic E-state index is 2.75. The van der Waals surface area contributed by atoms with Gasteiger partial charge in [-0.25, -0.2) is 0 Å². The summed E-state index contributed by atoms with van der Waals surface area (Å²) in [6.07, 6.45) is 23.1. The molecule has 0 aromatic rings. The van der Waals surface area contributed by atoms with Crippen LogP contribution in [-0.4, -0.2) is 14.1 Å². The van der Waals surface area contributed by atoms with Gasteiger partial charge in [-0.15, -0.1) is 21.0 Å². The van der Waals surface area contributed by atoms with Crippen molar-refractivity contribution < 1.29 is 0 Å². The molecule has 0 N–H and O–H groups in total. The molecule has 1 heteroatoms. The van der Waals surface area contributed by atoms with Crippen molar-refractivity contribution in [2.75, 3.05) is 0 Å². The Kier molecular flexibility index (Phi) is 6.08. The number of hydrogen-bond acceptors (Lipinski definition) is 0. The second-order valence-electron chi connectivity index (χ2n) is 7.57. The Hall–Kier alpha value is 0.0125. The fourth-order valence-electron chi connectivity index (χ4n) is 5.23. The molecule has 1 aliphatic heterocycles. The van der Waals surface area contributed by atoms with Crippen molar-refractivity contribution in [3.63, 3.8) is 0 Å². The second kappa shape index (κ2) is 8.03. The molecular formula is C20H33Al. The van der Waals surface area contributed by atoms with Crippen molar-refractivity contribution in [3.8, 4) is 0 Å². The van der Waals surface area contributed by atoms with Crippen LogP contribution in [0.4, 0.5) is 0 Å². The molecule has 2 aliphatic carbocycles. The van der Waals surface area contributed by atoms with Crippen molar-refractivity contribution in [2.45, 2.75) is 89.3 Å². The van der Waals surface area contributed by atoms with Crippen LogP contribution in [0.3, 0.4) is 0 Å². The molecule has 2 unspecified atom stereocenters. The minimum absolute atomic E-state index is 0.754. The Labute approximate surface area is 136 Å². The van der Waals surface area contributed by atoms with Gasteiger partial charge in [0, 0.05) is 0 Å². The third kappa shape index (κ3) is 3.68. The quantitative estimate of drug-likeness (QED) is 0.492. The molecule has 0 saturated carbocycles. The van der Waals surface area contributed by atoms with E-state index in [1.54, 1.807) is 0 Å². The first-order valence-corrected chi connectivity index (χ1v) is 11.8. The highest BCUT2D eigenvalue weighted by molar-refractivity contribution is 6.75. The fourth-order valence-corrected chi connectivity index (χ4v) is 9.29. The Balaban J connectivity index is 1.91. The summed E-state index contributed by atoms with van der Waals surface area (Å²) in [6.45, 7) is 2.48. The summed E-state index contributed by atoms with van der Waals surface area (Å²) in [6, 6.07) is 0. The van der Waals surface area contributed by atoms with E-state index >= 15 is 0 Å². The first kappa shape index (κ1) is 15.9. The van der Waals surface area contributed by atoms with E-state index in [0.29, 0.717) is 0 Å². The number of rotatable bonds is 1.